The van der Waals surface area contributed by atoms with Crippen LogP contribution in [0.5, 0.6) is 0 Å². The lowest BCUT2D eigenvalue weighted by Gasteiger charge is -2.35. The zero-order valence-electron chi connectivity index (χ0n) is 28.9. The van der Waals surface area contributed by atoms with Crippen molar-refractivity contribution in [2.75, 3.05) is 18.4 Å². The Morgan fingerprint density at radius 3 is 2.39 bits per heavy atom. The predicted molar refractivity (Wildman–Crippen MR) is 179 cm³/mol. The average Bonchev–Trinajstić information content (AvgIpc) is 3.80. The first-order valence-corrected chi connectivity index (χ1v) is 16.9. The smallest absolute Gasteiger partial charge is 0.411 e. The lowest BCUT2D eigenvalue weighted by atomic mass is 9.80. The Kier molecular flexibility index (Phi) is 8.62. The van der Waals surface area contributed by atoms with E-state index in [2.05, 4.69) is 16.7 Å². The van der Waals surface area contributed by atoms with Gasteiger partial charge in [0.25, 0.3) is 0 Å². The van der Waals surface area contributed by atoms with Crippen LogP contribution in [0.1, 0.15) is 78.4 Å². The van der Waals surface area contributed by atoms with Crippen molar-refractivity contribution in [3.8, 4) is 17.2 Å². The van der Waals surface area contributed by atoms with Gasteiger partial charge < -0.3 is 25.0 Å². The number of fused-ring (bicyclic) bond motifs is 4. The highest BCUT2D eigenvalue weighted by molar-refractivity contribution is 6.07. The number of ether oxygens (including phenoxy) is 2. The fraction of sp³-hybridized carbons (Fsp3) is 0.541. The normalized spacial score (nSPS) is 24.8. The fourth-order valence-corrected chi connectivity index (χ4v) is 7.69. The van der Waals surface area contributed by atoms with Gasteiger partial charge in [0, 0.05) is 31.2 Å². The van der Waals surface area contributed by atoms with Gasteiger partial charge in [-0.3, -0.25) is 14.5 Å². The van der Waals surface area contributed by atoms with E-state index in [9.17, 15) is 24.4 Å². The highest BCUT2D eigenvalue weighted by atomic mass is 19.1. The van der Waals surface area contributed by atoms with Gasteiger partial charge in [0.2, 0.25) is 11.8 Å². The Hall–Kier alpha value is -4.66. The van der Waals surface area contributed by atoms with E-state index < -0.39 is 52.6 Å². The number of piperidine rings is 1. The van der Waals surface area contributed by atoms with Gasteiger partial charge in [-0.15, -0.1) is 0 Å². The molecule has 260 valence electrons. The number of benzene rings is 2. The molecule has 5 atom stereocenters. The summed E-state index contributed by atoms with van der Waals surface area (Å²) in [5, 5.41) is 15.6. The van der Waals surface area contributed by atoms with E-state index in [1.807, 2.05) is 6.07 Å². The van der Waals surface area contributed by atoms with Gasteiger partial charge in [0.05, 0.1) is 11.5 Å². The van der Waals surface area contributed by atoms with Gasteiger partial charge >= 0.3 is 12.2 Å². The summed E-state index contributed by atoms with van der Waals surface area (Å²) in [5.41, 5.74) is 0.621. The summed E-state index contributed by atoms with van der Waals surface area (Å²) < 4.78 is 26.7. The monoisotopic (exact) mass is 673 g/mol. The van der Waals surface area contributed by atoms with Crippen molar-refractivity contribution in [2.45, 2.75) is 108 Å². The van der Waals surface area contributed by atoms with Crippen LogP contribution in [0.4, 0.5) is 19.7 Å². The predicted octanol–water partition coefficient (Wildman–Crippen LogP) is 5.66. The van der Waals surface area contributed by atoms with Crippen LogP contribution < -0.4 is 10.6 Å². The van der Waals surface area contributed by atoms with Crippen molar-refractivity contribution in [1.29, 1.82) is 5.26 Å². The van der Waals surface area contributed by atoms with Crippen LogP contribution in [0.3, 0.4) is 0 Å². The number of nitrogens with one attached hydrogen (secondary N) is 2. The number of halogens is 1. The van der Waals surface area contributed by atoms with Crippen LogP contribution in [-0.4, -0.2) is 76.2 Å². The van der Waals surface area contributed by atoms with Gasteiger partial charge in [-0.1, -0.05) is 18.2 Å². The van der Waals surface area contributed by atoms with E-state index in [1.54, 1.807) is 70.7 Å². The van der Waals surface area contributed by atoms with Crippen LogP contribution in [-0.2, 0) is 30.9 Å². The summed E-state index contributed by atoms with van der Waals surface area (Å²) >= 11 is 0. The molecule has 3 fully saturated rings. The SMILES string of the molecule is CC(C)(C)OC(=O)N1CCC2(C1)C(=O)Nc1ccc(-c3ccc(C[C@@H](C#N)NC(=O)[C@@H]4[C@H]5CC[C@H](C5)N4C(=O)OC(C)(C)C)c(F)c3)cc12. The highest BCUT2D eigenvalue weighted by Gasteiger charge is 2.54. The third-order valence-electron chi connectivity index (χ3n) is 9.88. The molecule has 2 N–H and O–H groups in total. The number of hydrogen-bond donors (Lipinski definition) is 2. The molecule has 11 nitrogen and oxygen atoms in total. The molecule has 0 radical (unpaired) electrons. The number of carbonyl (C=O) groups is 4. The molecule has 1 spiro atoms. The minimum Gasteiger partial charge on any atom is -0.444 e. The molecular weight excluding hydrogens is 629 g/mol. The second kappa shape index (κ2) is 12.3. The lowest BCUT2D eigenvalue weighted by molar-refractivity contribution is -0.128. The zero-order valence-corrected chi connectivity index (χ0v) is 28.9. The number of carbonyl (C=O) groups excluding carboxylic acids is 4. The first-order valence-electron chi connectivity index (χ1n) is 16.9. The van der Waals surface area contributed by atoms with Gasteiger partial charge in [-0.25, -0.2) is 14.0 Å². The summed E-state index contributed by atoms with van der Waals surface area (Å²) in [6.45, 7) is 11.2. The van der Waals surface area contributed by atoms with E-state index >= 15 is 4.39 Å². The van der Waals surface area contributed by atoms with Gasteiger partial charge in [-0.05, 0) is 114 Å². The molecule has 2 aromatic carbocycles. The number of nitriles is 1. The highest BCUT2D eigenvalue weighted by Crippen LogP contribution is 2.46. The van der Waals surface area contributed by atoms with Crippen molar-refractivity contribution in [3.63, 3.8) is 0 Å². The van der Waals surface area contributed by atoms with Crippen molar-refractivity contribution >= 4 is 29.7 Å². The third kappa shape index (κ3) is 6.67. The van der Waals surface area contributed by atoms with Gasteiger partial charge in [0.1, 0.15) is 29.1 Å². The first kappa shape index (κ1) is 34.2. The molecule has 1 aliphatic carbocycles. The number of anilines is 1. The molecule has 1 unspecified atom stereocenters. The zero-order chi connectivity index (χ0) is 35.5. The molecule has 3 heterocycles. The number of likely N-dealkylation sites (tertiary alicyclic amines) is 2. The van der Waals surface area contributed by atoms with Crippen LogP contribution in [0.2, 0.25) is 0 Å². The first-order chi connectivity index (χ1) is 23.0. The van der Waals surface area contributed by atoms with Gasteiger partial charge in [-0.2, -0.15) is 5.26 Å². The fourth-order valence-electron chi connectivity index (χ4n) is 7.69. The number of hydrogen-bond acceptors (Lipinski definition) is 7. The molecule has 1 saturated carbocycles. The summed E-state index contributed by atoms with van der Waals surface area (Å²) in [7, 11) is 0. The minimum absolute atomic E-state index is 0.0190. The largest absolute Gasteiger partial charge is 0.444 e. The van der Waals surface area contributed by atoms with Crippen molar-refractivity contribution in [1.82, 2.24) is 15.1 Å². The minimum atomic E-state index is -1.01. The Labute approximate surface area is 286 Å². The molecule has 3 aliphatic heterocycles. The Balaban J connectivity index is 1.16. The molecule has 2 saturated heterocycles. The van der Waals surface area contributed by atoms with E-state index in [0.717, 1.165) is 18.4 Å². The topological polar surface area (TPSA) is 141 Å². The summed E-state index contributed by atoms with van der Waals surface area (Å²) in [4.78, 5) is 55.6. The van der Waals surface area contributed by atoms with Crippen LogP contribution in [0.25, 0.3) is 11.1 Å². The Morgan fingerprint density at radius 1 is 1.04 bits per heavy atom. The van der Waals surface area contributed by atoms with Gasteiger partial charge in [0.15, 0.2) is 0 Å². The maximum Gasteiger partial charge on any atom is 0.411 e. The summed E-state index contributed by atoms with van der Waals surface area (Å²) in [6, 6.07) is 10.4. The van der Waals surface area contributed by atoms with E-state index in [4.69, 9.17) is 9.47 Å². The molecule has 6 rings (SSSR count). The third-order valence-corrected chi connectivity index (χ3v) is 9.88. The molecule has 0 aromatic heterocycles. The molecule has 2 bridgehead atoms. The maximum absolute atomic E-state index is 15.6. The number of nitrogens with zero attached hydrogens (tertiary/aromatic N) is 3. The number of amides is 4. The second-order valence-corrected chi connectivity index (χ2v) is 15.7. The molecular formula is C37H44FN5O6. The standard InChI is InChI=1S/C37H44FN5O6/c1-35(2,3)48-33(46)42-14-13-37(20-42)27-17-21(10-12-29(27)41-32(37)45)22-7-8-23(28(38)18-22)15-25(19-39)40-31(44)30-24-9-11-26(16-24)43(30)34(47)49-36(4,5)6/h7-8,10,12,17-18,24-26,30H,9,11,13-16,20H2,1-6H3,(H,40,44)(H,41,45)/t24-,25-,26+,30-,37?/m0/s1. The Bertz CT molecular complexity index is 1740. The van der Waals surface area contributed by atoms with Crippen LogP contribution in [0, 0.1) is 23.1 Å². The quantitative estimate of drug-likeness (QED) is 0.417. The number of rotatable bonds is 5. The van der Waals surface area contributed by atoms with Crippen LogP contribution >= 0.6 is 0 Å². The molecule has 4 aliphatic rings. The second-order valence-electron chi connectivity index (χ2n) is 15.7. The van der Waals surface area contributed by atoms with Crippen LogP contribution in [0.15, 0.2) is 36.4 Å². The molecule has 4 amide bonds. The van der Waals surface area contributed by atoms with E-state index in [1.165, 1.54) is 11.0 Å². The molecule has 2 aromatic rings. The summed E-state index contributed by atoms with van der Waals surface area (Å²) in [6.07, 6.45) is 1.68. The molecule has 49 heavy (non-hydrogen) atoms. The van der Waals surface area contributed by atoms with E-state index in [0.29, 0.717) is 36.2 Å². The van der Waals surface area contributed by atoms with E-state index in [-0.39, 0.29) is 36.4 Å². The average molecular weight is 674 g/mol. The summed E-state index contributed by atoms with van der Waals surface area (Å²) in [5.74, 6) is -1.18. The Morgan fingerprint density at radius 2 is 1.71 bits per heavy atom. The molecule has 12 heteroatoms. The van der Waals surface area contributed by atoms with Crippen molar-refractivity contribution in [2.24, 2.45) is 5.92 Å². The van der Waals surface area contributed by atoms with Crippen molar-refractivity contribution in [3.05, 3.63) is 53.3 Å². The lowest BCUT2D eigenvalue weighted by Crippen LogP contribution is -2.55. The van der Waals surface area contributed by atoms with Crippen molar-refractivity contribution < 1.29 is 33.0 Å². The maximum atomic E-state index is 15.6.